The molecule has 0 amide bonds. The Morgan fingerprint density at radius 1 is 1.50 bits per heavy atom. The van der Waals surface area contributed by atoms with Crippen LogP contribution in [0, 0.1) is 18.2 Å². The molecule has 0 radical (unpaired) electrons. The SMILES string of the molecule is C#CCN(CCC)S(=O)(=O)c1cc(N)ccc1F. The van der Waals surface area contributed by atoms with Crippen LogP contribution in [-0.2, 0) is 10.0 Å². The Kier molecular flexibility index (Phi) is 4.70. The quantitative estimate of drug-likeness (QED) is 0.650. The van der Waals surface area contributed by atoms with Gasteiger partial charge in [0, 0.05) is 12.2 Å². The molecule has 0 aliphatic rings. The lowest BCUT2D eigenvalue weighted by molar-refractivity contribution is 0.440. The standard InChI is InChI=1S/C12H15FN2O2S/c1-3-7-15(8-4-2)18(16,17)12-9-10(14)5-6-11(12)13/h1,5-6,9H,4,7-8,14H2,2H3. The second-order valence-electron chi connectivity index (χ2n) is 3.73. The molecular formula is C12H15FN2O2S. The van der Waals surface area contributed by atoms with Gasteiger partial charge in [-0.2, -0.15) is 4.31 Å². The highest BCUT2D eigenvalue weighted by Gasteiger charge is 2.26. The van der Waals surface area contributed by atoms with E-state index in [2.05, 4.69) is 5.92 Å². The van der Waals surface area contributed by atoms with Gasteiger partial charge in [0.25, 0.3) is 0 Å². The van der Waals surface area contributed by atoms with E-state index in [9.17, 15) is 12.8 Å². The molecule has 0 bridgehead atoms. The summed E-state index contributed by atoms with van der Waals surface area (Å²) in [6.07, 6.45) is 5.72. The van der Waals surface area contributed by atoms with Crippen LogP contribution >= 0.6 is 0 Å². The summed E-state index contributed by atoms with van der Waals surface area (Å²) in [4.78, 5) is -0.439. The molecule has 6 heteroatoms. The van der Waals surface area contributed by atoms with E-state index in [1.54, 1.807) is 0 Å². The van der Waals surface area contributed by atoms with E-state index < -0.39 is 20.7 Å². The number of benzene rings is 1. The first-order valence-corrected chi connectivity index (χ1v) is 6.86. The highest BCUT2D eigenvalue weighted by molar-refractivity contribution is 7.89. The third-order valence-corrected chi connectivity index (χ3v) is 4.17. The normalized spacial score (nSPS) is 11.4. The highest BCUT2D eigenvalue weighted by atomic mass is 32.2. The van der Waals surface area contributed by atoms with Crippen LogP contribution in [0.15, 0.2) is 23.1 Å². The lowest BCUT2D eigenvalue weighted by Gasteiger charge is -2.19. The van der Waals surface area contributed by atoms with Crippen LogP contribution in [0.3, 0.4) is 0 Å². The predicted octanol–water partition coefficient (Wildman–Crippen LogP) is 1.44. The third-order valence-electron chi connectivity index (χ3n) is 2.31. The summed E-state index contributed by atoms with van der Waals surface area (Å²) in [5.41, 5.74) is 5.67. The van der Waals surface area contributed by atoms with Crippen LogP contribution in [0.2, 0.25) is 0 Å². The molecule has 0 aliphatic carbocycles. The van der Waals surface area contributed by atoms with Crippen molar-refractivity contribution in [3.63, 3.8) is 0 Å². The average Bonchev–Trinajstić information content (AvgIpc) is 2.32. The molecule has 0 unspecified atom stereocenters. The van der Waals surface area contributed by atoms with Gasteiger partial charge in [0.05, 0.1) is 6.54 Å². The molecule has 0 heterocycles. The van der Waals surface area contributed by atoms with E-state index in [4.69, 9.17) is 12.2 Å². The molecule has 0 fully saturated rings. The number of halogens is 1. The summed E-state index contributed by atoms with van der Waals surface area (Å²) < 4.78 is 39.1. The molecule has 18 heavy (non-hydrogen) atoms. The van der Waals surface area contributed by atoms with Gasteiger partial charge in [-0.15, -0.1) is 6.42 Å². The number of nitrogens with two attached hydrogens (primary N) is 1. The van der Waals surface area contributed by atoms with Crippen molar-refractivity contribution < 1.29 is 12.8 Å². The minimum absolute atomic E-state index is 0.0928. The molecule has 1 aromatic carbocycles. The number of hydrogen-bond acceptors (Lipinski definition) is 3. The minimum atomic E-state index is -3.94. The smallest absolute Gasteiger partial charge is 0.246 e. The van der Waals surface area contributed by atoms with E-state index in [0.29, 0.717) is 6.42 Å². The zero-order valence-electron chi connectivity index (χ0n) is 10.1. The first-order valence-electron chi connectivity index (χ1n) is 5.42. The summed E-state index contributed by atoms with van der Waals surface area (Å²) in [5.74, 6) is 1.42. The Bertz CT molecular complexity index is 564. The Balaban J connectivity index is 3.26. The van der Waals surface area contributed by atoms with E-state index >= 15 is 0 Å². The number of anilines is 1. The Hall–Kier alpha value is -1.58. The predicted molar refractivity (Wildman–Crippen MR) is 68.7 cm³/mol. The summed E-state index contributed by atoms with van der Waals surface area (Å²) >= 11 is 0. The lowest BCUT2D eigenvalue weighted by atomic mass is 10.3. The van der Waals surface area contributed by atoms with Crippen molar-refractivity contribution in [1.29, 1.82) is 0 Å². The van der Waals surface area contributed by atoms with E-state index in [0.717, 1.165) is 16.4 Å². The molecule has 4 nitrogen and oxygen atoms in total. The van der Waals surface area contributed by atoms with Crippen molar-refractivity contribution in [1.82, 2.24) is 4.31 Å². The fourth-order valence-electron chi connectivity index (χ4n) is 1.49. The molecule has 1 rings (SSSR count). The van der Waals surface area contributed by atoms with E-state index in [1.807, 2.05) is 6.92 Å². The number of terminal acetylenes is 1. The van der Waals surface area contributed by atoms with Crippen LogP contribution in [0.4, 0.5) is 10.1 Å². The van der Waals surface area contributed by atoms with Crippen molar-refractivity contribution in [2.45, 2.75) is 18.2 Å². The molecule has 0 saturated heterocycles. The zero-order valence-corrected chi connectivity index (χ0v) is 10.9. The summed E-state index contributed by atoms with van der Waals surface area (Å²) in [5, 5.41) is 0. The van der Waals surface area contributed by atoms with Gasteiger partial charge < -0.3 is 5.73 Å². The first kappa shape index (κ1) is 14.5. The maximum Gasteiger partial charge on any atom is 0.246 e. The van der Waals surface area contributed by atoms with Crippen LogP contribution in [0.25, 0.3) is 0 Å². The van der Waals surface area contributed by atoms with Crippen molar-refractivity contribution in [3.05, 3.63) is 24.0 Å². The lowest BCUT2D eigenvalue weighted by Crippen LogP contribution is -2.32. The molecule has 0 spiro atoms. The van der Waals surface area contributed by atoms with Crippen LogP contribution in [-0.4, -0.2) is 25.8 Å². The van der Waals surface area contributed by atoms with Crippen molar-refractivity contribution >= 4 is 15.7 Å². The maximum absolute atomic E-state index is 13.6. The van der Waals surface area contributed by atoms with E-state index in [1.165, 1.54) is 6.07 Å². The highest BCUT2D eigenvalue weighted by Crippen LogP contribution is 2.21. The van der Waals surface area contributed by atoms with E-state index in [-0.39, 0.29) is 18.8 Å². The van der Waals surface area contributed by atoms with Gasteiger partial charge >= 0.3 is 0 Å². The molecule has 0 aromatic heterocycles. The summed E-state index contributed by atoms with van der Waals surface area (Å²) in [6.45, 7) is 1.96. The average molecular weight is 270 g/mol. The fraction of sp³-hybridized carbons (Fsp3) is 0.333. The molecule has 98 valence electrons. The van der Waals surface area contributed by atoms with Crippen molar-refractivity contribution in [3.8, 4) is 12.3 Å². The number of nitrogens with zero attached hydrogens (tertiary/aromatic N) is 1. The second kappa shape index (κ2) is 5.85. The van der Waals surface area contributed by atoms with Gasteiger partial charge in [-0.3, -0.25) is 0 Å². The molecule has 0 atom stereocenters. The minimum Gasteiger partial charge on any atom is -0.399 e. The number of rotatable bonds is 5. The van der Waals surface area contributed by atoms with Gasteiger partial charge in [0.1, 0.15) is 10.7 Å². The fourth-order valence-corrected chi connectivity index (χ4v) is 3.04. The molecule has 2 N–H and O–H groups in total. The summed E-state index contributed by atoms with van der Waals surface area (Å²) in [7, 11) is -3.94. The Morgan fingerprint density at radius 3 is 2.72 bits per heavy atom. The molecule has 1 aromatic rings. The number of nitrogen functional groups attached to an aromatic ring is 1. The monoisotopic (exact) mass is 270 g/mol. The van der Waals surface area contributed by atoms with Crippen LogP contribution in [0.1, 0.15) is 13.3 Å². The maximum atomic E-state index is 13.6. The van der Waals surface area contributed by atoms with Crippen LogP contribution < -0.4 is 5.73 Å². The van der Waals surface area contributed by atoms with Gasteiger partial charge in [-0.1, -0.05) is 12.8 Å². The molecule has 0 aliphatic heterocycles. The first-order chi connectivity index (χ1) is 8.43. The van der Waals surface area contributed by atoms with Crippen LogP contribution in [0.5, 0.6) is 0 Å². The van der Waals surface area contributed by atoms with Gasteiger partial charge in [-0.25, -0.2) is 12.8 Å². The van der Waals surface area contributed by atoms with Gasteiger partial charge in [0.2, 0.25) is 10.0 Å². The number of sulfonamides is 1. The third kappa shape index (κ3) is 3.00. The second-order valence-corrected chi connectivity index (χ2v) is 5.64. The summed E-state index contributed by atoms with van der Waals surface area (Å²) in [6, 6.07) is 3.44. The molecule has 0 saturated carbocycles. The Labute approximate surface area is 107 Å². The van der Waals surface area contributed by atoms with Crippen molar-refractivity contribution in [2.24, 2.45) is 0 Å². The zero-order chi connectivity index (χ0) is 13.8. The van der Waals surface area contributed by atoms with Crippen molar-refractivity contribution in [2.75, 3.05) is 18.8 Å². The number of hydrogen-bond donors (Lipinski definition) is 1. The largest absolute Gasteiger partial charge is 0.399 e. The van der Waals surface area contributed by atoms with Gasteiger partial charge in [-0.05, 0) is 24.6 Å². The molecular weight excluding hydrogens is 255 g/mol. The topological polar surface area (TPSA) is 63.4 Å². The van der Waals surface area contributed by atoms with Gasteiger partial charge in [0.15, 0.2) is 0 Å². The Morgan fingerprint density at radius 2 is 2.17 bits per heavy atom.